The fourth-order valence-corrected chi connectivity index (χ4v) is 2.86. The zero-order valence-electron chi connectivity index (χ0n) is 13.3. The fourth-order valence-electron chi connectivity index (χ4n) is 2.63. The molecule has 2 aromatic carbocycles. The number of amides is 1. The molecule has 1 amide bonds. The Labute approximate surface area is 150 Å². The van der Waals surface area contributed by atoms with Crippen molar-refractivity contribution in [3.8, 4) is 0 Å². The van der Waals surface area contributed by atoms with Gasteiger partial charge in [0.05, 0.1) is 12.5 Å². The molecule has 0 spiro atoms. The van der Waals surface area contributed by atoms with Crippen LogP contribution in [0, 0.1) is 5.82 Å². The summed E-state index contributed by atoms with van der Waals surface area (Å²) >= 11 is 6.02. The molecule has 0 radical (unpaired) electrons. The topological polar surface area (TPSA) is 42.0 Å². The third-order valence-corrected chi connectivity index (χ3v) is 4.23. The summed E-state index contributed by atoms with van der Waals surface area (Å²) < 4.78 is 13.9. The molecule has 0 aliphatic heterocycles. The molecule has 3 aromatic rings. The number of benzene rings is 2. The van der Waals surface area contributed by atoms with Crippen LogP contribution in [0.4, 0.5) is 4.39 Å². The van der Waals surface area contributed by atoms with Gasteiger partial charge in [0, 0.05) is 23.0 Å². The Morgan fingerprint density at radius 1 is 1.00 bits per heavy atom. The highest BCUT2D eigenvalue weighted by molar-refractivity contribution is 6.31. The maximum atomic E-state index is 13.9. The second kappa shape index (κ2) is 7.90. The van der Waals surface area contributed by atoms with Crippen molar-refractivity contribution in [2.24, 2.45) is 0 Å². The fraction of sp³-hybridized carbons (Fsp3) is 0.100. The Hall–Kier alpha value is -2.72. The Balaban J connectivity index is 1.84. The molecule has 0 aliphatic carbocycles. The van der Waals surface area contributed by atoms with E-state index in [2.05, 4.69) is 10.3 Å². The van der Waals surface area contributed by atoms with Gasteiger partial charge in [-0.2, -0.15) is 0 Å². The first-order valence-electron chi connectivity index (χ1n) is 7.82. The van der Waals surface area contributed by atoms with E-state index in [1.54, 1.807) is 18.5 Å². The first-order valence-corrected chi connectivity index (χ1v) is 8.20. The molecule has 0 bridgehead atoms. The summed E-state index contributed by atoms with van der Waals surface area (Å²) in [5.41, 5.74) is 2.03. The monoisotopic (exact) mass is 354 g/mol. The maximum Gasteiger partial charge on any atom is 0.225 e. The number of halogens is 2. The van der Waals surface area contributed by atoms with Gasteiger partial charge in [0.25, 0.3) is 0 Å². The molecule has 1 aromatic heterocycles. The zero-order valence-corrected chi connectivity index (χ0v) is 14.1. The summed E-state index contributed by atoms with van der Waals surface area (Å²) in [4.78, 5) is 16.5. The van der Waals surface area contributed by atoms with Crippen molar-refractivity contribution < 1.29 is 9.18 Å². The van der Waals surface area contributed by atoms with Gasteiger partial charge >= 0.3 is 0 Å². The van der Waals surface area contributed by atoms with E-state index in [1.165, 1.54) is 12.1 Å². The van der Waals surface area contributed by atoms with Crippen LogP contribution in [0.3, 0.4) is 0 Å². The van der Waals surface area contributed by atoms with E-state index in [4.69, 9.17) is 11.6 Å². The highest BCUT2D eigenvalue weighted by Crippen LogP contribution is 2.23. The number of carbonyl (C=O) groups excluding carboxylic acids is 1. The smallest absolute Gasteiger partial charge is 0.225 e. The molecule has 0 saturated heterocycles. The molecule has 0 saturated carbocycles. The van der Waals surface area contributed by atoms with Gasteiger partial charge in [-0.25, -0.2) is 4.39 Å². The highest BCUT2D eigenvalue weighted by Gasteiger charge is 2.18. The predicted octanol–water partition coefficient (Wildman–Crippen LogP) is 4.32. The van der Waals surface area contributed by atoms with Gasteiger partial charge in [0.15, 0.2) is 0 Å². The van der Waals surface area contributed by atoms with Crippen molar-refractivity contribution in [3.05, 3.63) is 101 Å². The Kier molecular flexibility index (Phi) is 5.41. The maximum absolute atomic E-state index is 13.9. The Bertz CT molecular complexity index is 796. The van der Waals surface area contributed by atoms with E-state index < -0.39 is 5.82 Å². The number of hydrogen-bond acceptors (Lipinski definition) is 2. The predicted molar refractivity (Wildman–Crippen MR) is 95.8 cm³/mol. The van der Waals surface area contributed by atoms with E-state index in [-0.39, 0.29) is 29.0 Å². The van der Waals surface area contributed by atoms with Crippen LogP contribution < -0.4 is 5.32 Å². The van der Waals surface area contributed by atoms with Crippen LogP contribution in [0.15, 0.2) is 73.1 Å². The van der Waals surface area contributed by atoms with E-state index in [1.807, 2.05) is 42.5 Å². The molecular formula is C20H16ClFN2O. The lowest BCUT2D eigenvalue weighted by Gasteiger charge is -2.20. The number of carbonyl (C=O) groups is 1. The summed E-state index contributed by atoms with van der Waals surface area (Å²) in [6.07, 6.45) is 3.22. The normalized spacial score (nSPS) is 11.8. The summed E-state index contributed by atoms with van der Waals surface area (Å²) in [6.45, 7) is 0. The number of hydrogen-bond donors (Lipinski definition) is 1. The quantitative estimate of drug-likeness (QED) is 0.741. The minimum atomic E-state index is -0.483. The van der Waals surface area contributed by atoms with E-state index in [0.29, 0.717) is 0 Å². The number of pyridine rings is 1. The minimum absolute atomic E-state index is 0.125. The van der Waals surface area contributed by atoms with Crippen molar-refractivity contribution in [2.45, 2.75) is 12.5 Å². The van der Waals surface area contributed by atoms with Gasteiger partial charge in [-0.1, -0.05) is 48.0 Å². The molecule has 1 heterocycles. The standard InChI is InChI=1S/C20H16ClFN2O/c21-17-7-4-8-18(22)16(17)13-19(25)24-20(14-5-2-1-3-6-14)15-9-11-23-12-10-15/h1-12,20H,13H2,(H,24,25). The molecule has 1 unspecified atom stereocenters. The van der Waals surface area contributed by atoms with Gasteiger partial charge in [0.2, 0.25) is 5.91 Å². The van der Waals surface area contributed by atoms with Crippen LogP contribution in [0.2, 0.25) is 5.02 Å². The molecule has 5 heteroatoms. The second-order valence-corrected chi connectivity index (χ2v) is 5.98. The molecule has 3 rings (SSSR count). The number of nitrogens with one attached hydrogen (secondary N) is 1. The first kappa shape index (κ1) is 17.1. The molecule has 126 valence electrons. The summed E-state index contributed by atoms with van der Waals surface area (Å²) in [5, 5.41) is 3.21. The third kappa shape index (κ3) is 4.22. The van der Waals surface area contributed by atoms with E-state index >= 15 is 0 Å². The van der Waals surface area contributed by atoms with Gasteiger partial charge in [-0.3, -0.25) is 9.78 Å². The highest BCUT2D eigenvalue weighted by atomic mass is 35.5. The Morgan fingerprint density at radius 3 is 2.36 bits per heavy atom. The van der Waals surface area contributed by atoms with Crippen molar-refractivity contribution in [3.63, 3.8) is 0 Å². The van der Waals surface area contributed by atoms with E-state index in [9.17, 15) is 9.18 Å². The van der Waals surface area contributed by atoms with Crippen molar-refractivity contribution in [1.82, 2.24) is 10.3 Å². The average molecular weight is 355 g/mol. The molecule has 0 aliphatic rings. The van der Waals surface area contributed by atoms with Crippen LogP contribution in [0.25, 0.3) is 0 Å². The number of rotatable bonds is 5. The summed E-state index contributed by atoms with van der Waals surface area (Å²) in [5.74, 6) is -0.791. The van der Waals surface area contributed by atoms with Gasteiger partial charge < -0.3 is 5.32 Å². The Morgan fingerprint density at radius 2 is 1.68 bits per heavy atom. The van der Waals surface area contributed by atoms with Gasteiger partial charge in [-0.15, -0.1) is 0 Å². The SMILES string of the molecule is O=C(Cc1c(F)cccc1Cl)NC(c1ccccc1)c1ccncc1. The largest absolute Gasteiger partial charge is 0.345 e. The lowest BCUT2D eigenvalue weighted by atomic mass is 9.99. The summed E-state index contributed by atoms with van der Waals surface area (Å²) in [6, 6.07) is 17.3. The van der Waals surface area contributed by atoms with E-state index in [0.717, 1.165) is 11.1 Å². The zero-order chi connectivity index (χ0) is 17.6. The van der Waals surface area contributed by atoms with Gasteiger partial charge in [-0.05, 0) is 35.4 Å². The van der Waals surface area contributed by atoms with Crippen molar-refractivity contribution >= 4 is 17.5 Å². The lowest BCUT2D eigenvalue weighted by Crippen LogP contribution is -2.31. The van der Waals surface area contributed by atoms with Crippen LogP contribution in [-0.2, 0) is 11.2 Å². The summed E-state index contributed by atoms with van der Waals surface area (Å²) in [7, 11) is 0. The van der Waals surface area contributed by atoms with Crippen LogP contribution in [0.5, 0.6) is 0 Å². The molecule has 1 atom stereocenters. The number of nitrogens with zero attached hydrogens (tertiary/aromatic N) is 1. The molecule has 0 fully saturated rings. The molecular weight excluding hydrogens is 339 g/mol. The van der Waals surface area contributed by atoms with Crippen LogP contribution >= 0.6 is 11.6 Å². The molecule has 3 nitrogen and oxygen atoms in total. The number of aromatic nitrogens is 1. The molecule has 1 N–H and O–H groups in total. The second-order valence-electron chi connectivity index (χ2n) is 5.57. The van der Waals surface area contributed by atoms with Crippen molar-refractivity contribution in [1.29, 1.82) is 0 Å². The minimum Gasteiger partial charge on any atom is -0.345 e. The van der Waals surface area contributed by atoms with Crippen LogP contribution in [0.1, 0.15) is 22.7 Å². The molecule has 25 heavy (non-hydrogen) atoms. The van der Waals surface area contributed by atoms with Crippen molar-refractivity contribution in [2.75, 3.05) is 0 Å². The first-order chi connectivity index (χ1) is 12.1. The average Bonchev–Trinajstić information content (AvgIpc) is 2.64. The van der Waals surface area contributed by atoms with Crippen LogP contribution in [-0.4, -0.2) is 10.9 Å². The third-order valence-electron chi connectivity index (χ3n) is 3.88. The van der Waals surface area contributed by atoms with Gasteiger partial charge in [0.1, 0.15) is 5.82 Å². The lowest BCUT2D eigenvalue weighted by molar-refractivity contribution is -0.121.